The average molecular weight is 295 g/mol. The van der Waals surface area contributed by atoms with Crippen LogP contribution in [0.15, 0.2) is 42.5 Å². The molecule has 0 saturated heterocycles. The highest BCUT2D eigenvalue weighted by molar-refractivity contribution is 6.34. The number of anilines is 1. The van der Waals surface area contributed by atoms with Gasteiger partial charge in [0.15, 0.2) is 0 Å². The Morgan fingerprint density at radius 3 is 2.41 bits per heavy atom. The molecule has 5 heteroatoms. The van der Waals surface area contributed by atoms with Crippen molar-refractivity contribution in [1.82, 2.24) is 0 Å². The highest BCUT2D eigenvalue weighted by Gasteiger charge is 2.37. The number of hydrogen-bond donors (Lipinski definition) is 1. The van der Waals surface area contributed by atoms with Gasteiger partial charge in [-0.05, 0) is 36.2 Å². The molecule has 1 N–H and O–H groups in total. The van der Waals surface area contributed by atoms with Crippen molar-refractivity contribution in [3.8, 4) is 0 Å². The van der Waals surface area contributed by atoms with Gasteiger partial charge in [-0.1, -0.05) is 25.1 Å². The van der Waals surface area contributed by atoms with Crippen LogP contribution in [-0.2, 0) is 6.42 Å². The van der Waals surface area contributed by atoms with Gasteiger partial charge in [-0.25, -0.2) is 9.69 Å². The standard InChI is InChI=1S/C17H13NO4/c1-2-10-5-3-4-6-14(10)18-15(19)12-8-7-11(17(21)22)9-13(12)16(18)20/h3-9H,2H2,1H3,(H,21,22). The molecule has 3 rings (SSSR count). The average Bonchev–Trinajstić information content (AvgIpc) is 2.78. The fourth-order valence-corrected chi connectivity index (χ4v) is 2.62. The lowest BCUT2D eigenvalue weighted by atomic mass is 10.1. The molecular formula is C17H13NO4. The quantitative estimate of drug-likeness (QED) is 0.883. The normalized spacial score (nSPS) is 13.4. The summed E-state index contributed by atoms with van der Waals surface area (Å²) in [4.78, 5) is 37.2. The lowest BCUT2D eigenvalue weighted by Crippen LogP contribution is -2.30. The third-order valence-corrected chi connectivity index (χ3v) is 3.75. The Labute approximate surface area is 126 Å². The first kappa shape index (κ1) is 14.0. The number of carbonyl (C=O) groups excluding carboxylic acids is 2. The maximum Gasteiger partial charge on any atom is 0.335 e. The summed E-state index contributed by atoms with van der Waals surface area (Å²) in [6.07, 6.45) is 0.684. The maximum atomic E-state index is 12.6. The zero-order chi connectivity index (χ0) is 15.9. The number of benzene rings is 2. The minimum atomic E-state index is -1.13. The van der Waals surface area contributed by atoms with Crippen LogP contribution in [0, 0.1) is 0 Å². The van der Waals surface area contributed by atoms with Gasteiger partial charge in [0.2, 0.25) is 0 Å². The molecule has 0 unspecified atom stereocenters. The first-order valence-electron chi connectivity index (χ1n) is 6.88. The Morgan fingerprint density at radius 2 is 1.73 bits per heavy atom. The van der Waals surface area contributed by atoms with Crippen molar-refractivity contribution in [1.29, 1.82) is 0 Å². The van der Waals surface area contributed by atoms with Crippen LogP contribution in [0.1, 0.15) is 43.6 Å². The molecule has 0 bridgehead atoms. The largest absolute Gasteiger partial charge is 0.478 e. The van der Waals surface area contributed by atoms with Gasteiger partial charge in [0.1, 0.15) is 0 Å². The number of carboxylic acids is 1. The molecule has 2 aromatic carbocycles. The van der Waals surface area contributed by atoms with Crippen LogP contribution < -0.4 is 4.90 Å². The summed E-state index contributed by atoms with van der Waals surface area (Å²) in [7, 11) is 0. The van der Waals surface area contributed by atoms with E-state index >= 15 is 0 Å². The van der Waals surface area contributed by atoms with Crippen molar-refractivity contribution in [3.05, 3.63) is 64.7 Å². The Hall–Kier alpha value is -2.95. The molecule has 2 amide bonds. The van der Waals surface area contributed by atoms with Crippen LogP contribution in [0.5, 0.6) is 0 Å². The minimum absolute atomic E-state index is 0.00877. The summed E-state index contributed by atoms with van der Waals surface area (Å²) in [5.74, 6) is -2.03. The third kappa shape index (κ3) is 1.98. The van der Waals surface area contributed by atoms with Gasteiger partial charge in [-0.15, -0.1) is 0 Å². The first-order valence-corrected chi connectivity index (χ1v) is 6.88. The Bertz CT molecular complexity index is 810. The second-order valence-corrected chi connectivity index (χ2v) is 4.99. The van der Waals surface area contributed by atoms with Crippen LogP contribution in [0.25, 0.3) is 0 Å². The number of amides is 2. The van der Waals surface area contributed by atoms with Gasteiger partial charge in [-0.2, -0.15) is 0 Å². The SMILES string of the molecule is CCc1ccccc1N1C(=O)c2ccc(C(=O)O)cc2C1=O. The highest BCUT2D eigenvalue weighted by atomic mass is 16.4. The fraction of sp³-hybridized carbons (Fsp3) is 0.118. The van der Waals surface area contributed by atoms with Crippen LogP contribution in [0.4, 0.5) is 5.69 Å². The van der Waals surface area contributed by atoms with E-state index in [0.29, 0.717) is 12.1 Å². The zero-order valence-electron chi connectivity index (χ0n) is 11.9. The molecular weight excluding hydrogens is 282 g/mol. The van der Waals surface area contributed by atoms with Gasteiger partial charge in [-0.3, -0.25) is 9.59 Å². The van der Waals surface area contributed by atoms with Gasteiger partial charge in [0, 0.05) is 0 Å². The molecule has 0 atom stereocenters. The molecule has 0 aromatic heterocycles. The van der Waals surface area contributed by atoms with Crippen molar-refractivity contribution < 1.29 is 19.5 Å². The van der Waals surface area contributed by atoms with E-state index < -0.39 is 17.8 Å². The molecule has 1 heterocycles. The molecule has 1 aliphatic rings. The zero-order valence-corrected chi connectivity index (χ0v) is 11.9. The molecule has 0 saturated carbocycles. The summed E-state index contributed by atoms with van der Waals surface area (Å²) < 4.78 is 0. The van der Waals surface area contributed by atoms with Crippen molar-refractivity contribution in [2.24, 2.45) is 0 Å². The van der Waals surface area contributed by atoms with Gasteiger partial charge in [0.05, 0.1) is 22.4 Å². The summed E-state index contributed by atoms with van der Waals surface area (Å²) >= 11 is 0. The van der Waals surface area contributed by atoms with Crippen LogP contribution >= 0.6 is 0 Å². The molecule has 0 aliphatic carbocycles. The Morgan fingerprint density at radius 1 is 1.05 bits per heavy atom. The van der Waals surface area contributed by atoms with Gasteiger partial charge >= 0.3 is 5.97 Å². The number of carboxylic acid groups (broad SMARTS) is 1. The lowest BCUT2D eigenvalue weighted by molar-refractivity contribution is 0.0696. The monoisotopic (exact) mass is 295 g/mol. The highest BCUT2D eigenvalue weighted by Crippen LogP contribution is 2.31. The topological polar surface area (TPSA) is 74.7 Å². The van der Waals surface area contributed by atoms with Gasteiger partial charge in [0.25, 0.3) is 11.8 Å². The molecule has 2 aromatic rings. The van der Waals surface area contributed by atoms with Crippen LogP contribution in [0.3, 0.4) is 0 Å². The smallest absolute Gasteiger partial charge is 0.335 e. The summed E-state index contributed by atoms with van der Waals surface area (Å²) in [5, 5.41) is 9.02. The van der Waals surface area contributed by atoms with E-state index in [9.17, 15) is 14.4 Å². The Balaban J connectivity index is 2.12. The van der Waals surface area contributed by atoms with E-state index in [1.807, 2.05) is 19.1 Å². The second-order valence-electron chi connectivity index (χ2n) is 4.99. The molecule has 22 heavy (non-hydrogen) atoms. The number of carbonyl (C=O) groups is 3. The lowest BCUT2D eigenvalue weighted by Gasteiger charge is -2.17. The van der Waals surface area contributed by atoms with Crippen molar-refractivity contribution >= 4 is 23.5 Å². The summed E-state index contributed by atoms with van der Waals surface area (Å²) in [6, 6.07) is 11.2. The van der Waals surface area contributed by atoms with Crippen LogP contribution in [0.2, 0.25) is 0 Å². The molecule has 0 spiro atoms. The number of imide groups is 1. The van der Waals surface area contributed by atoms with E-state index in [-0.39, 0.29) is 16.7 Å². The fourth-order valence-electron chi connectivity index (χ4n) is 2.62. The molecule has 0 fully saturated rings. The van der Waals surface area contributed by atoms with E-state index in [0.717, 1.165) is 10.5 Å². The predicted molar refractivity (Wildman–Crippen MR) is 80.4 cm³/mol. The second kappa shape index (κ2) is 5.11. The molecule has 1 aliphatic heterocycles. The summed E-state index contributed by atoms with van der Waals surface area (Å²) in [5.41, 5.74) is 1.80. The minimum Gasteiger partial charge on any atom is -0.478 e. The number of para-hydroxylation sites is 1. The van der Waals surface area contributed by atoms with Crippen LogP contribution in [-0.4, -0.2) is 22.9 Å². The number of aryl methyl sites for hydroxylation is 1. The van der Waals surface area contributed by atoms with Crippen molar-refractivity contribution in [2.75, 3.05) is 4.90 Å². The number of aromatic carboxylic acids is 1. The molecule has 5 nitrogen and oxygen atoms in total. The Kier molecular flexibility index (Phi) is 3.25. The van der Waals surface area contributed by atoms with Crippen molar-refractivity contribution in [2.45, 2.75) is 13.3 Å². The van der Waals surface area contributed by atoms with E-state index in [1.165, 1.54) is 18.2 Å². The van der Waals surface area contributed by atoms with E-state index in [1.54, 1.807) is 12.1 Å². The first-order chi connectivity index (χ1) is 10.5. The molecule has 110 valence electrons. The predicted octanol–water partition coefficient (Wildman–Crippen LogP) is 2.75. The van der Waals surface area contributed by atoms with E-state index in [2.05, 4.69) is 0 Å². The molecule has 0 radical (unpaired) electrons. The number of fused-ring (bicyclic) bond motifs is 1. The maximum absolute atomic E-state index is 12.6. The van der Waals surface area contributed by atoms with Crippen molar-refractivity contribution in [3.63, 3.8) is 0 Å². The number of rotatable bonds is 3. The third-order valence-electron chi connectivity index (χ3n) is 3.75. The summed E-state index contributed by atoms with van der Waals surface area (Å²) in [6.45, 7) is 1.94. The number of hydrogen-bond acceptors (Lipinski definition) is 3. The van der Waals surface area contributed by atoms with Gasteiger partial charge < -0.3 is 5.11 Å². The van der Waals surface area contributed by atoms with E-state index in [4.69, 9.17) is 5.11 Å². The number of nitrogens with zero attached hydrogens (tertiary/aromatic N) is 1.